The monoisotopic (exact) mass is 272 g/mol. The summed E-state index contributed by atoms with van der Waals surface area (Å²) in [6.07, 6.45) is 2.40. The lowest BCUT2D eigenvalue weighted by atomic mass is 10.2. The van der Waals surface area contributed by atoms with Crippen molar-refractivity contribution in [1.29, 1.82) is 0 Å². The van der Waals surface area contributed by atoms with Gasteiger partial charge in [-0.15, -0.1) is 0 Å². The number of nitrogens with one attached hydrogen (secondary N) is 1. The van der Waals surface area contributed by atoms with Crippen LogP contribution in [0.3, 0.4) is 0 Å². The molecule has 3 heterocycles. The van der Waals surface area contributed by atoms with Crippen LogP contribution in [0.1, 0.15) is 11.4 Å². The first-order chi connectivity index (χ1) is 9.35. The maximum absolute atomic E-state index is 5.29. The zero-order valence-corrected chi connectivity index (χ0v) is 11.1. The zero-order valence-electron chi connectivity index (χ0n) is 10.3. The van der Waals surface area contributed by atoms with E-state index in [1.54, 1.807) is 17.5 Å². The van der Waals surface area contributed by atoms with Crippen LogP contribution in [0.4, 0.5) is 5.82 Å². The molecule has 0 saturated carbocycles. The van der Waals surface area contributed by atoms with Gasteiger partial charge in [0.15, 0.2) is 5.82 Å². The number of pyridine rings is 1. The van der Waals surface area contributed by atoms with Gasteiger partial charge in [-0.3, -0.25) is 0 Å². The van der Waals surface area contributed by atoms with Crippen molar-refractivity contribution in [2.45, 2.75) is 6.42 Å². The van der Waals surface area contributed by atoms with E-state index in [1.165, 1.54) is 5.56 Å². The van der Waals surface area contributed by atoms with Gasteiger partial charge in [-0.05, 0) is 34.5 Å². The first-order valence-corrected chi connectivity index (χ1v) is 6.77. The van der Waals surface area contributed by atoms with Gasteiger partial charge in [-0.2, -0.15) is 16.3 Å². The highest BCUT2D eigenvalue weighted by Gasteiger charge is 2.10. The quantitative estimate of drug-likeness (QED) is 0.791. The molecule has 0 unspecified atom stereocenters. The summed E-state index contributed by atoms with van der Waals surface area (Å²) in [5.74, 6) is 1.98. The fraction of sp³-hybridized carbons (Fsp3) is 0.154. The van der Waals surface area contributed by atoms with Crippen LogP contribution < -0.4 is 5.32 Å². The number of hydrogen-bond acceptors (Lipinski definition) is 6. The molecule has 0 aliphatic carbocycles. The Bertz CT molecular complexity index is 663. The molecule has 0 radical (unpaired) electrons. The average molecular weight is 272 g/mol. The van der Waals surface area contributed by atoms with E-state index in [-0.39, 0.29) is 0 Å². The van der Waals surface area contributed by atoms with E-state index in [0.29, 0.717) is 18.1 Å². The van der Waals surface area contributed by atoms with Crippen molar-refractivity contribution in [2.24, 2.45) is 0 Å². The Morgan fingerprint density at radius 3 is 3.11 bits per heavy atom. The van der Waals surface area contributed by atoms with Gasteiger partial charge < -0.3 is 9.84 Å². The minimum absolute atomic E-state index is 0.518. The molecular weight excluding hydrogens is 260 g/mol. The Labute approximate surface area is 114 Å². The fourth-order valence-electron chi connectivity index (χ4n) is 1.72. The Morgan fingerprint density at radius 1 is 1.37 bits per heavy atom. The van der Waals surface area contributed by atoms with E-state index >= 15 is 0 Å². The second-order valence-electron chi connectivity index (χ2n) is 4.00. The molecule has 5 nitrogen and oxygen atoms in total. The van der Waals surface area contributed by atoms with Crippen molar-refractivity contribution >= 4 is 17.2 Å². The number of hydrogen-bond donors (Lipinski definition) is 1. The molecule has 0 aliphatic heterocycles. The van der Waals surface area contributed by atoms with Crippen LogP contribution in [-0.4, -0.2) is 22.2 Å². The number of thiophene rings is 1. The van der Waals surface area contributed by atoms with E-state index in [1.807, 2.05) is 24.6 Å². The molecule has 0 bridgehead atoms. The number of nitrogens with zero attached hydrogens (tertiary/aromatic N) is 3. The molecule has 3 aromatic rings. The fourth-order valence-corrected chi connectivity index (χ4v) is 2.39. The van der Waals surface area contributed by atoms with Crippen LogP contribution in [0.25, 0.3) is 11.5 Å². The molecule has 0 atom stereocenters. The number of anilines is 1. The van der Waals surface area contributed by atoms with Crippen LogP contribution >= 0.6 is 11.3 Å². The summed E-state index contributed by atoms with van der Waals surface area (Å²) in [5.41, 5.74) is 2.06. The molecule has 3 rings (SSSR count). The molecule has 6 heteroatoms. The molecule has 0 aromatic carbocycles. The summed E-state index contributed by atoms with van der Waals surface area (Å²) in [7, 11) is 1.82. The smallest absolute Gasteiger partial charge is 0.258 e. The standard InChI is InChI=1S/C13H12N4OS/c1-14-11-7-10(2-4-15-11)13-16-12(17-18-13)6-9-3-5-19-8-9/h2-5,7-8H,6H2,1H3,(H,14,15). The van der Waals surface area contributed by atoms with Crippen molar-refractivity contribution < 1.29 is 4.52 Å². The average Bonchev–Trinajstić information content (AvgIpc) is 3.11. The van der Waals surface area contributed by atoms with Crippen molar-refractivity contribution in [3.8, 4) is 11.5 Å². The lowest BCUT2D eigenvalue weighted by Crippen LogP contribution is -1.92. The van der Waals surface area contributed by atoms with E-state index in [0.717, 1.165) is 11.4 Å². The SMILES string of the molecule is CNc1cc(-c2nc(Cc3ccsc3)no2)ccn1. The lowest BCUT2D eigenvalue weighted by molar-refractivity contribution is 0.424. The van der Waals surface area contributed by atoms with Gasteiger partial charge in [0.25, 0.3) is 5.89 Å². The molecule has 0 spiro atoms. The van der Waals surface area contributed by atoms with Crippen LogP contribution in [0.5, 0.6) is 0 Å². The third kappa shape index (κ3) is 2.63. The Hall–Kier alpha value is -2.21. The highest BCUT2D eigenvalue weighted by molar-refractivity contribution is 7.07. The normalized spacial score (nSPS) is 10.6. The molecule has 96 valence electrons. The molecular formula is C13H12N4OS. The van der Waals surface area contributed by atoms with E-state index in [9.17, 15) is 0 Å². The first-order valence-electron chi connectivity index (χ1n) is 5.83. The topological polar surface area (TPSA) is 63.8 Å². The summed E-state index contributed by atoms with van der Waals surface area (Å²) < 4.78 is 5.29. The van der Waals surface area contributed by atoms with Gasteiger partial charge in [0.2, 0.25) is 0 Å². The Kier molecular flexibility index (Phi) is 3.24. The van der Waals surface area contributed by atoms with E-state index < -0.39 is 0 Å². The Morgan fingerprint density at radius 2 is 2.32 bits per heavy atom. The van der Waals surface area contributed by atoms with Gasteiger partial charge in [0, 0.05) is 25.2 Å². The van der Waals surface area contributed by atoms with E-state index in [2.05, 4.69) is 31.9 Å². The second kappa shape index (κ2) is 5.19. The maximum Gasteiger partial charge on any atom is 0.258 e. The highest BCUT2D eigenvalue weighted by atomic mass is 32.1. The summed E-state index contributed by atoms with van der Waals surface area (Å²) >= 11 is 1.66. The van der Waals surface area contributed by atoms with Gasteiger partial charge in [0.05, 0.1) is 0 Å². The predicted molar refractivity (Wildman–Crippen MR) is 74.2 cm³/mol. The van der Waals surface area contributed by atoms with Crippen LogP contribution in [-0.2, 0) is 6.42 Å². The van der Waals surface area contributed by atoms with Crippen molar-refractivity contribution in [3.63, 3.8) is 0 Å². The first kappa shape index (κ1) is 11.9. The van der Waals surface area contributed by atoms with Crippen molar-refractivity contribution in [3.05, 3.63) is 46.5 Å². The van der Waals surface area contributed by atoms with Crippen LogP contribution in [0.15, 0.2) is 39.7 Å². The molecule has 19 heavy (non-hydrogen) atoms. The van der Waals surface area contributed by atoms with E-state index in [4.69, 9.17) is 4.52 Å². The summed E-state index contributed by atoms with van der Waals surface area (Å²) in [6, 6.07) is 5.79. The maximum atomic E-state index is 5.29. The molecule has 0 saturated heterocycles. The number of aromatic nitrogens is 3. The van der Waals surface area contributed by atoms with Gasteiger partial charge in [0.1, 0.15) is 5.82 Å². The lowest BCUT2D eigenvalue weighted by Gasteiger charge is -1.98. The van der Waals surface area contributed by atoms with Gasteiger partial charge in [-0.25, -0.2) is 4.98 Å². The third-order valence-corrected chi connectivity index (χ3v) is 3.41. The molecule has 0 amide bonds. The van der Waals surface area contributed by atoms with Crippen molar-refractivity contribution in [1.82, 2.24) is 15.1 Å². The summed E-state index contributed by atoms with van der Waals surface area (Å²) in [4.78, 5) is 8.55. The van der Waals surface area contributed by atoms with Gasteiger partial charge in [-0.1, -0.05) is 5.16 Å². The summed E-state index contributed by atoms with van der Waals surface area (Å²) in [6.45, 7) is 0. The van der Waals surface area contributed by atoms with Gasteiger partial charge >= 0.3 is 0 Å². The predicted octanol–water partition coefficient (Wildman–Crippen LogP) is 2.83. The third-order valence-electron chi connectivity index (χ3n) is 2.67. The van der Waals surface area contributed by atoms with Crippen molar-refractivity contribution in [2.75, 3.05) is 12.4 Å². The zero-order chi connectivity index (χ0) is 13.1. The van der Waals surface area contributed by atoms with Crippen LogP contribution in [0.2, 0.25) is 0 Å². The molecule has 0 aliphatic rings. The largest absolute Gasteiger partial charge is 0.373 e. The number of rotatable bonds is 4. The van der Waals surface area contributed by atoms with Crippen LogP contribution in [0, 0.1) is 0 Å². The minimum atomic E-state index is 0.518. The second-order valence-corrected chi connectivity index (χ2v) is 4.78. The molecule has 3 aromatic heterocycles. The molecule has 0 fully saturated rings. The minimum Gasteiger partial charge on any atom is -0.373 e. The summed E-state index contributed by atoms with van der Waals surface area (Å²) in [5, 5.41) is 11.1. The highest BCUT2D eigenvalue weighted by Crippen LogP contribution is 2.20. The Balaban J connectivity index is 1.84. The molecule has 1 N–H and O–H groups in total.